The normalized spacial score (nSPS) is 16.2. The summed E-state index contributed by atoms with van der Waals surface area (Å²) in [5.74, 6) is -0.341. The van der Waals surface area contributed by atoms with Gasteiger partial charge in [0.25, 0.3) is 0 Å². The van der Waals surface area contributed by atoms with Crippen molar-refractivity contribution in [2.45, 2.75) is 12.6 Å². The van der Waals surface area contributed by atoms with Gasteiger partial charge in [-0.3, -0.25) is 20.1 Å². The molecule has 0 saturated carbocycles. The Kier molecular flexibility index (Phi) is 5.80. The molecule has 13 heteroatoms. The molecule has 1 aliphatic heterocycles. The Hall–Kier alpha value is -2.99. The van der Waals surface area contributed by atoms with Gasteiger partial charge in [-0.1, -0.05) is 23.2 Å². The Labute approximate surface area is 203 Å². The number of nitrogens with zero attached hydrogens (tertiary/aromatic N) is 4. The van der Waals surface area contributed by atoms with E-state index in [2.05, 4.69) is 20.2 Å². The van der Waals surface area contributed by atoms with Crippen molar-refractivity contribution in [2.75, 3.05) is 16.6 Å². The third-order valence-corrected chi connectivity index (χ3v) is 7.87. The molecule has 1 aromatic carbocycles. The highest BCUT2D eigenvalue weighted by atomic mass is 35.5. The fourth-order valence-electron chi connectivity index (χ4n) is 3.79. The highest BCUT2D eigenvalue weighted by Gasteiger charge is 2.29. The summed E-state index contributed by atoms with van der Waals surface area (Å²) < 4.78 is 45.9. The van der Waals surface area contributed by atoms with Crippen LogP contribution in [0.15, 0.2) is 42.9 Å². The monoisotopic (exact) mass is 522 g/mol. The first-order valence-electron chi connectivity index (χ1n) is 10.1. The first-order chi connectivity index (χ1) is 16.2. The van der Waals surface area contributed by atoms with Gasteiger partial charge in [-0.15, -0.1) is 0 Å². The largest absolute Gasteiger partial charge is 0.468 e. The fraction of sp³-hybridized carbons (Fsp3) is 0.190. The highest BCUT2D eigenvalue weighted by molar-refractivity contribution is 7.93. The van der Waals surface area contributed by atoms with Gasteiger partial charge in [0.05, 0.1) is 21.3 Å². The molecule has 0 bridgehead atoms. The summed E-state index contributed by atoms with van der Waals surface area (Å²) >= 11 is 12.3. The number of fused-ring (bicyclic) bond motifs is 1. The Bertz CT molecular complexity index is 1480. The van der Waals surface area contributed by atoms with E-state index < -0.39 is 22.1 Å². The van der Waals surface area contributed by atoms with Crippen LogP contribution in [0.25, 0.3) is 22.2 Å². The minimum Gasteiger partial charge on any atom is -0.468 e. The summed E-state index contributed by atoms with van der Waals surface area (Å²) in [6.45, 7) is 0.395. The number of hydrogen-bond acceptors (Lipinski definition) is 7. The molecular weight excluding hydrogens is 506 g/mol. The summed E-state index contributed by atoms with van der Waals surface area (Å²) in [6, 6.07) is 6.02. The third-order valence-electron chi connectivity index (χ3n) is 5.42. The van der Waals surface area contributed by atoms with E-state index in [0.29, 0.717) is 40.9 Å². The average Bonchev–Trinajstić information content (AvgIpc) is 3.36. The number of H-pyrrole nitrogens is 1. The van der Waals surface area contributed by atoms with Crippen LogP contribution in [0.5, 0.6) is 5.75 Å². The lowest BCUT2D eigenvalue weighted by atomic mass is 10.1. The molecule has 9 nitrogen and oxygen atoms in total. The first-order valence-corrected chi connectivity index (χ1v) is 12.5. The van der Waals surface area contributed by atoms with Gasteiger partial charge in [0, 0.05) is 47.7 Å². The number of nitrogens with two attached hydrogens (primary N) is 1. The second-order valence-corrected chi connectivity index (χ2v) is 10.4. The number of ether oxygens (including phenoxy) is 1. The van der Waals surface area contributed by atoms with E-state index in [4.69, 9.17) is 33.7 Å². The molecule has 4 heterocycles. The second kappa shape index (κ2) is 8.66. The van der Waals surface area contributed by atoms with Gasteiger partial charge in [-0.2, -0.15) is 5.10 Å². The number of nitrogens with one attached hydrogen (secondary N) is 1. The van der Waals surface area contributed by atoms with Crippen LogP contribution in [0.4, 0.5) is 10.2 Å². The maximum absolute atomic E-state index is 14.7. The van der Waals surface area contributed by atoms with Crippen LogP contribution >= 0.6 is 23.2 Å². The van der Waals surface area contributed by atoms with Crippen LogP contribution in [0.2, 0.25) is 10.0 Å². The molecular formula is C21H17Cl2FN6O3S. The van der Waals surface area contributed by atoms with Crippen LogP contribution < -0.4 is 14.8 Å². The maximum Gasteiger partial charge on any atom is 0.236 e. The zero-order valence-corrected chi connectivity index (χ0v) is 19.7. The molecule has 0 spiro atoms. The quantitative estimate of drug-likeness (QED) is 0.378. The van der Waals surface area contributed by atoms with E-state index in [1.165, 1.54) is 35.0 Å². The number of halogens is 3. The van der Waals surface area contributed by atoms with Crippen LogP contribution in [0.3, 0.4) is 0 Å². The van der Waals surface area contributed by atoms with Gasteiger partial charge in [-0.25, -0.2) is 17.8 Å². The van der Waals surface area contributed by atoms with E-state index >= 15 is 0 Å². The Balaban J connectivity index is 1.48. The van der Waals surface area contributed by atoms with Crippen molar-refractivity contribution in [3.63, 3.8) is 0 Å². The van der Waals surface area contributed by atoms with Crippen LogP contribution in [-0.4, -0.2) is 40.9 Å². The fourth-order valence-corrected chi connectivity index (χ4v) is 5.88. The maximum atomic E-state index is 14.7. The predicted octanol–water partition coefficient (Wildman–Crippen LogP) is 4.04. The van der Waals surface area contributed by atoms with Crippen molar-refractivity contribution in [3.8, 4) is 17.0 Å². The Morgan fingerprint density at radius 1 is 1.18 bits per heavy atom. The molecule has 1 saturated heterocycles. The Morgan fingerprint density at radius 3 is 2.59 bits per heavy atom. The molecule has 1 atom stereocenters. The number of aromatic nitrogens is 4. The molecule has 5 rings (SSSR count). The summed E-state index contributed by atoms with van der Waals surface area (Å²) in [6.07, 6.45) is 3.66. The van der Waals surface area contributed by atoms with Crippen molar-refractivity contribution < 1.29 is 17.5 Å². The lowest BCUT2D eigenvalue weighted by Gasteiger charge is -2.17. The predicted molar refractivity (Wildman–Crippen MR) is 127 cm³/mol. The van der Waals surface area contributed by atoms with E-state index in [1.54, 1.807) is 12.1 Å². The zero-order valence-electron chi connectivity index (χ0n) is 17.4. The van der Waals surface area contributed by atoms with Crippen LogP contribution in [-0.2, 0) is 10.0 Å². The molecule has 1 aliphatic rings. The van der Waals surface area contributed by atoms with Gasteiger partial charge < -0.3 is 4.74 Å². The van der Waals surface area contributed by atoms with Crippen molar-refractivity contribution >= 4 is 49.9 Å². The average molecular weight is 523 g/mol. The lowest BCUT2D eigenvalue weighted by molar-refractivity contribution is 0.205. The summed E-state index contributed by atoms with van der Waals surface area (Å²) in [7, 11) is -3.34. The van der Waals surface area contributed by atoms with E-state index in [1.807, 2.05) is 0 Å². The number of sulfonamides is 1. The van der Waals surface area contributed by atoms with Gasteiger partial charge in [0.15, 0.2) is 17.8 Å². The van der Waals surface area contributed by atoms with E-state index in [9.17, 15) is 12.8 Å². The van der Waals surface area contributed by atoms with E-state index in [0.717, 1.165) is 0 Å². The number of hydrogen-bond donors (Lipinski definition) is 2. The summed E-state index contributed by atoms with van der Waals surface area (Å²) in [5, 5.41) is 7.98. The number of aromatic amines is 1. The minimum atomic E-state index is -3.34. The van der Waals surface area contributed by atoms with Gasteiger partial charge in [0.2, 0.25) is 10.0 Å². The molecule has 0 amide bonds. The number of anilines is 1. The van der Waals surface area contributed by atoms with Gasteiger partial charge >= 0.3 is 0 Å². The number of pyridine rings is 2. The van der Waals surface area contributed by atoms with Crippen LogP contribution in [0, 0.1) is 5.82 Å². The molecule has 3 N–H and O–H groups in total. The van der Waals surface area contributed by atoms with Crippen molar-refractivity contribution in [3.05, 3.63) is 64.3 Å². The van der Waals surface area contributed by atoms with E-state index in [-0.39, 0.29) is 27.1 Å². The van der Waals surface area contributed by atoms with Gasteiger partial charge in [0.1, 0.15) is 11.5 Å². The zero-order chi connectivity index (χ0) is 24.0. The van der Waals surface area contributed by atoms with Crippen molar-refractivity contribution in [1.29, 1.82) is 0 Å². The number of benzene rings is 1. The molecule has 3 aromatic heterocycles. The molecule has 4 aromatic rings. The topological polar surface area (TPSA) is 127 Å². The SMILES string of the molecule is N[C@@H](Oc1cc2c(-c3ccc(N4CCCS4(=O)=O)nc3)n[nH]c2cc1F)c1c(Cl)cncc1Cl. The van der Waals surface area contributed by atoms with Crippen LogP contribution in [0.1, 0.15) is 18.2 Å². The molecule has 0 unspecified atom stereocenters. The molecule has 1 fully saturated rings. The van der Waals surface area contributed by atoms with Crippen molar-refractivity contribution in [1.82, 2.24) is 20.2 Å². The number of rotatable bonds is 5. The molecule has 0 aliphatic carbocycles. The highest BCUT2D eigenvalue weighted by Crippen LogP contribution is 2.35. The lowest BCUT2D eigenvalue weighted by Crippen LogP contribution is -2.25. The summed E-state index contributed by atoms with van der Waals surface area (Å²) in [5.41, 5.74) is 7.89. The van der Waals surface area contributed by atoms with Crippen molar-refractivity contribution in [2.24, 2.45) is 5.73 Å². The second-order valence-electron chi connectivity index (χ2n) is 7.60. The summed E-state index contributed by atoms with van der Waals surface area (Å²) in [4.78, 5) is 8.16. The van der Waals surface area contributed by atoms with Gasteiger partial charge in [-0.05, 0) is 24.6 Å². The molecule has 176 valence electrons. The Morgan fingerprint density at radius 2 is 1.94 bits per heavy atom. The molecule has 0 radical (unpaired) electrons. The first kappa shape index (κ1) is 22.8. The molecule has 34 heavy (non-hydrogen) atoms. The third kappa shape index (κ3) is 4.05. The standard InChI is InChI=1S/C21H17Cl2FN6O3S/c22-13-9-26-10-14(23)19(13)21(25)33-17-6-12-16(7-15(17)24)28-29-20(12)11-2-3-18(27-8-11)30-4-1-5-34(30,31)32/h2-3,6-10,21H,1,4-5,25H2,(H,28,29)/t21-/m0/s1. The smallest absolute Gasteiger partial charge is 0.236 e. The minimum absolute atomic E-state index is 0.104.